The molecule has 0 aliphatic heterocycles. The number of hydrogen-bond donors (Lipinski definition) is 0. The number of likely N-dealkylation sites (N-methyl/N-ethyl adjacent to an activating group) is 1. The Kier molecular flexibility index (Phi) is 7.78. The minimum Gasteiger partial charge on any atom is -1.00 e. The molecule has 0 amide bonds. The Balaban J connectivity index is 0. The van der Waals surface area contributed by atoms with Crippen molar-refractivity contribution in [1.82, 2.24) is 0 Å². The lowest BCUT2D eigenvalue weighted by Crippen LogP contribution is -3.00. The average Bonchev–Trinajstić information content (AvgIpc) is 2.03. The van der Waals surface area contributed by atoms with Crippen LogP contribution >= 0.6 is 0 Å². The van der Waals surface area contributed by atoms with Gasteiger partial charge in [0.05, 0.1) is 20.1 Å². The van der Waals surface area contributed by atoms with Crippen molar-refractivity contribution in [2.75, 3.05) is 27.2 Å². The van der Waals surface area contributed by atoms with Gasteiger partial charge in [-0.1, -0.05) is 6.58 Å². The van der Waals surface area contributed by atoms with Gasteiger partial charge in [0, 0.05) is 6.08 Å². The standard InChI is InChI=1S/C10H20NO2.ClH/c1-6-10(12)13-8-7-11(4,5)9(2)3;/h6,9H,1,7-8H2,2-5H3;1H/q+1;/p-1. The van der Waals surface area contributed by atoms with Crippen molar-refractivity contribution >= 4 is 5.97 Å². The molecule has 0 heterocycles. The summed E-state index contributed by atoms with van der Waals surface area (Å²) in [5.74, 6) is -0.344. The number of quaternary nitrogens is 1. The number of hydrogen-bond acceptors (Lipinski definition) is 2. The van der Waals surface area contributed by atoms with E-state index in [1.54, 1.807) is 0 Å². The molecule has 0 aromatic carbocycles. The summed E-state index contributed by atoms with van der Waals surface area (Å²) in [5.41, 5.74) is 0. The van der Waals surface area contributed by atoms with Crippen LogP contribution in [0.1, 0.15) is 13.8 Å². The van der Waals surface area contributed by atoms with Gasteiger partial charge in [-0.15, -0.1) is 0 Å². The third-order valence-electron chi connectivity index (χ3n) is 2.48. The van der Waals surface area contributed by atoms with Crippen molar-refractivity contribution in [3.05, 3.63) is 12.7 Å². The summed E-state index contributed by atoms with van der Waals surface area (Å²) < 4.78 is 5.76. The van der Waals surface area contributed by atoms with Gasteiger partial charge in [-0.25, -0.2) is 4.79 Å². The van der Waals surface area contributed by atoms with Crippen LogP contribution in [0.15, 0.2) is 12.7 Å². The zero-order valence-corrected chi connectivity index (χ0v) is 10.2. The first kappa shape index (κ1) is 15.9. The first-order valence-corrected chi connectivity index (χ1v) is 4.52. The molecule has 0 bridgehead atoms. The maximum absolute atomic E-state index is 10.7. The highest BCUT2D eigenvalue weighted by Gasteiger charge is 2.19. The highest BCUT2D eigenvalue weighted by atomic mass is 35.5. The minimum atomic E-state index is -0.344. The van der Waals surface area contributed by atoms with Gasteiger partial charge in [-0.2, -0.15) is 0 Å². The Bertz CT molecular complexity index is 191. The molecule has 0 spiro atoms. The van der Waals surface area contributed by atoms with Crippen LogP contribution in [0, 0.1) is 0 Å². The molecule has 0 aromatic rings. The molecule has 14 heavy (non-hydrogen) atoms. The molecule has 0 aliphatic carbocycles. The van der Waals surface area contributed by atoms with Crippen LogP contribution in [0.5, 0.6) is 0 Å². The fraction of sp³-hybridized carbons (Fsp3) is 0.700. The van der Waals surface area contributed by atoms with E-state index in [1.165, 1.54) is 6.08 Å². The lowest BCUT2D eigenvalue weighted by atomic mass is 10.3. The second-order valence-electron chi connectivity index (χ2n) is 3.97. The summed E-state index contributed by atoms with van der Waals surface area (Å²) in [6.07, 6.45) is 1.19. The Morgan fingerprint density at radius 1 is 1.50 bits per heavy atom. The fourth-order valence-corrected chi connectivity index (χ4v) is 0.699. The summed E-state index contributed by atoms with van der Waals surface area (Å²) in [6, 6.07) is 0.530. The number of carbonyl (C=O) groups excluding carboxylic acids is 1. The predicted molar refractivity (Wildman–Crippen MR) is 53.3 cm³/mol. The van der Waals surface area contributed by atoms with Crippen LogP contribution in [0.25, 0.3) is 0 Å². The van der Waals surface area contributed by atoms with Crippen LogP contribution in [0.3, 0.4) is 0 Å². The molecule has 0 N–H and O–H groups in total. The van der Waals surface area contributed by atoms with Crippen LogP contribution in [0.2, 0.25) is 0 Å². The highest BCUT2D eigenvalue weighted by Crippen LogP contribution is 2.04. The molecule has 0 radical (unpaired) electrons. The number of nitrogens with zero attached hydrogens (tertiary/aromatic N) is 1. The van der Waals surface area contributed by atoms with E-state index < -0.39 is 0 Å². The zero-order valence-electron chi connectivity index (χ0n) is 9.42. The third kappa shape index (κ3) is 6.00. The first-order chi connectivity index (χ1) is 5.90. The maximum atomic E-state index is 10.7. The summed E-state index contributed by atoms with van der Waals surface area (Å²) >= 11 is 0. The minimum absolute atomic E-state index is 0. The molecule has 0 saturated heterocycles. The molecule has 3 nitrogen and oxygen atoms in total. The van der Waals surface area contributed by atoms with E-state index in [2.05, 4.69) is 34.5 Å². The van der Waals surface area contributed by atoms with E-state index >= 15 is 0 Å². The van der Waals surface area contributed by atoms with E-state index in [0.717, 1.165) is 11.0 Å². The molecule has 4 heteroatoms. The van der Waals surface area contributed by atoms with Crippen LogP contribution < -0.4 is 12.4 Å². The van der Waals surface area contributed by atoms with Crippen molar-refractivity contribution in [1.29, 1.82) is 0 Å². The van der Waals surface area contributed by atoms with E-state index in [4.69, 9.17) is 4.74 Å². The molecule has 0 fully saturated rings. The normalized spacial score (nSPS) is 10.6. The van der Waals surface area contributed by atoms with Gasteiger partial charge in [-0.05, 0) is 13.8 Å². The first-order valence-electron chi connectivity index (χ1n) is 4.52. The zero-order chi connectivity index (χ0) is 10.5. The van der Waals surface area contributed by atoms with Crippen LogP contribution in [-0.2, 0) is 9.53 Å². The van der Waals surface area contributed by atoms with Gasteiger partial charge in [0.25, 0.3) is 0 Å². The summed E-state index contributed by atoms with van der Waals surface area (Å²) in [4.78, 5) is 10.7. The van der Waals surface area contributed by atoms with Gasteiger partial charge >= 0.3 is 5.97 Å². The summed E-state index contributed by atoms with van der Waals surface area (Å²) in [7, 11) is 4.23. The largest absolute Gasteiger partial charge is 1.00 e. The SMILES string of the molecule is C=CC(=O)OCC[N+](C)(C)C(C)C.[Cl-]. The molecule has 0 rings (SSSR count). The van der Waals surface area contributed by atoms with Crippen molar-refractivity contribution < 1.29 is 26.4 Å². The lowest BCUT2D eigenvalue weighted by Gasteiger charge is -2.33. The molecular formula is C10H20ClNO2. The Morgan fingerprint density at radius 3 is 2.36 bits per heavy atom. The quantitative estimate of drug-likeness (QED) is 0.311. The van der Waals surface area contributed by atoms with Crippen molar-refractivity contribution in [2.45, 2.75) is 19.9 Å². The third-order valence-corrected chi connectivity index (χ3v) is 2.48. The van der Waals surface area contributed by atoms with Gasteiger partial charge in [0.1, 0.15) is 13.2 Å². The van der Waals surface area contributed by atoms with Crippen LogP contribution in [0.4, 0.5) is 0 Å². The molecule has 0 unspecified atom stereocenters. The second-order valence-corrected chi connectivity index (χ2v) is 3.97. The number of halogens is 1. The molecule has 0 atom stereocenters. The van der Waals surface area contributed by atoms with E-state index in [1.807, 2.05) is 0 Å². The lowest BCUT2D eigenvalue weighted by molar-refractivity contribution is -0.911. The van der Waals surface area contributed by atoms with Gasteiger partial charge < -0.3 is 21.6 Å². The molecule has 0 saturated carbocycles. The summed E-state index contributed by atoms with van der Waals surface area (Å²) in [6.45, 7) is 8.91. The van der Waals surface area contributed by atoms with Crippen molar-refractivity contribution in [2.24, 2.45) is 0 Å². The Labute approximate surface area is 92.7 Å². The van der Waals surface area contributed by atoms with E-state index in [-0.39, 0.29) is 18.4 Å². The molecule has 0 aliphatic rings. The highest BCUT2D eigenvalue weighted by molar-refractivity contribution is 5.81. The Morgan fingerprint density at radius 2 is 2.00 bits per heavy atom. The van der Waals surface area contributed by atoms with E-state index in [0.29, 0.717) is 12.6 Å². The van der Waals surface area contributed by atoms with Crippen molar-refractivity contribution in [3.8, 4) is 0 Å². The average molecular weight is 222 g/mol. The topological polar surface area (TPSA) is 26.3 Å². The number of rotatable bonds is 5. The van der Waals surface area contributed by atoms with E-state index in [9.17, 15) is 4.79 Å². The van der Waals surface area contributed by atoms with Crippen LogP contribution in [-0.4, -0.2) is 43.7 Å². The monoisotopic (exact) mass is 221 g/mol. The summed E-state index contributed by atoms with van der Waals surface area (Å²) in [5, 5.41) is 0. The van der Waals surface area contributed by atoms with Gasteiger partial charge in [-0.3, -0.25) is 0 Å². The van der Waals surface area contributed by atoms with Gasteiger partial charge in [0.2, 0.25) is 0 Å². The fourth-order valence-electron chi connectivity index (χ4n) is 0.699. The number of ether oxygens (including phenoxy) is 1. The van der Waals surface area contributed by atoms with Gasteiger partial charge in [0.15, 0.2) is 0 Å². The predicted octanol–water partition coefficient (Wildman–Crippen LogP) is -1.80. The molecule has 0 aromatic heterocycles. The molecular weight excluding hydrogens is 202 g/mol. The Hall–Kier alpha value is -0.540. The van der Waals surface area contributed by atoms with Crippen molar-refractivity contribution in [3.63, 3.8) is 0 Å². The number of carbonyl (C=O) groups is 1. The number of esters is 1. The molecule has 84 valence electrons. The smallest absolute Gasteiger partial charge is 0.330 e. The second kappa shape index (κ2) is 6.85. The maximum Gasteiger partial charge on any atom is 0.330 e.